The lowest BCUT2D eigenvalue weighted by atomic mass is 9.85. The number of hydrogen-bond donors (Lipinski definition) is 1. The quantitative estimate of drug-likeness (QED) is 0.894. The van der Waals surface area contributed by atoms with Gasteiger partial charge in [0.25, 0.3) is 0 Å². The molecule has 0 fully saturated rings. The van der Waals surface area contributed by atoms with Crippen LogP contribution in [0.2, 0.25) is 0 Å². The summed E-state index contributed by atoms with van der Waals surface area (Å²) in [6, 6.07) is 7.77. The molecule has 0 radical (unpaired) electrons. The van der Waals surface area contributed by atoms with E-state index >= 15 is 0 Å². The molecule has 0 bridgehead atoms. The molecule has 0 spiro atoms. The lowest BCUT2D eigenvalue weighted by molar-refractivity contribution is 0.126. The zero-order chi connectivity index (χ0) is 12.9. The Morgan fingerprint density at radius 3 is 2.59 bits per heavy atom. The number of benzene rings is 1. The van der Waals surface area contributed by atoms with Crippen molar-refractivity contribution in [2.45, 2.75) is 27.2 Å². The normalized spacial score (nSPS) is 13.5. The molecule has 17 heavy (non-hydrogen) atoms. The first-order valence-corrected chi connectivity index (χ1v) is 6.69. The van der Waals surface area contributed by atoms with Crippen molar-refractivity contribution in [2.24, 2.45) is 11.3 Å². The first kappa shape index (κ1) is 14.5. The molecule has 0 aliphatic carbocycles. The van der Waals surface area contributed by atoms with Crippen LogP contribution < -0.4 is 4.74 Å². The van der Waals surface area contributed by atoms with E-state index in [-0.39, 0.29) is 17.9 Å². The first-order chi connectivity index (χ1) is 7.90. The summed E-state index contributed by atoms with van der Waals surface area (Å²) in [4.78, 5) is 0. The van der Waals surface area contributed by atoms with Crippen molar-refractivity contribution in [2.75, 3.05) is 13.2 Å². The molecular weight excluding hydrogens is 280 g/mol. The average Bonchev–Trinajstić information content (AvgIpc) is 2.23. The van der Waals surface area contributed by atoms with E-state index in [0.29, 0.717) is 6.61 Å². The Balaban J connectivity index is 2.48. The van der Waals surface area contributed by atoms with E-state index in [1.807, 2.05) is 24.3 Å². The van der Waals surface area contributed by atoms with Crippen LogP contribution in [-0.4, -0.2) is 18.3 Å². The SMILES string of the molecule is CC(C)(C)CC(CO)COc1cccc(Br)c1. The maximum Gasteiger partial charge on any atom is 0.120 e. The fraction of sp³-hybridized carbons (Fsp3) is 0.571. The third kappa shape index (κ3) is 6.08. The van der Waals surface area contributed by atoms with Crippen LogP contribution in [0, 0.1) is 11.3 Å². The molecule has 1 aromatic carbocycles. The number of rotatable bonds is 5. The van der Waals surface area contributed by atoms with E-state index in [1.165, 1.54) is 0 Å². The van der Waals surface area contributed by atoms with Gasteiger partial charge in [-0.25, -0.2) is 0 Å². The van der Waals surface area contributed by atoms with E-state index in [0.717, 1.165) is 16.6 Å². The highest BCUT2D eigenvalue weighted by molar-refractivity contribution is 9.10. The van der Waals surface area contributed by atoms with Gasteiger partial charge < -0.3 is 9.84 Å². The number of aliphatic hydroxyl groups excluding tert-OH is 1. The van der Waals surface area contributed by atoms with Gasteiger partial charge in [0, 0.05) is 17.0 Å². The summed E-state index contributed by atoms with van der Waals surface area (Å²) in [5.74, 6) is 1.03. The number of hydrogen-bond acceptors (Lipinski definition) is 2. The van der Waals surface area contributed by atoms with Gasteiger partial charge in [0.05, 0.1) is 6.61 Å². The van der Waals surface area contributed by atoms with Gasteiger partial charge in [-0.2, -0.15) is 0 Å². The Kier molecular flexibility index (Phi) is 5.47. The molecule has 1 N–H and O–H groups in total. The monoisotopic (exact) mass is 300 g/mol. The van der Waals surface area contributed by atoms with Gasteiger partial charge in [-0.3, -0.25) is 0 Å². The maximum atomic E-state index is 9.33. The molecule has 2 nitrogen and oxygen atoms in total. The molecule has 3 heteroatoms. The second-order valence-corrected chi connectivity index (χ2v) is 6.50. The Morgan fingerprint density at radius 2 is 2.06 bits per heavy atom. The summed E-state index contributed by atoms with van der Waals surface area (Å²) in [5, 5.41) is 9.33. The van der Waals surface area contributed by atoms with Gasteiger partial charge in [0.1, 0.15) is 5.75 Å². The molecule has 1 atom stereocenters. The van der Waals surface area contributed by atoms with Crippen LogP contribution in [0.4, 0.5) is 0 Å². The first-order valence-electron chi connectivity index (χ1n) is 5.90. The molecule has 96 valence electrons. The molecule has 0 heterocycles. The number of halogens is 1. The van der Waals surface area contributed by atoms with Gasteiger partial charge in [-0.1, -0.05) is 42.8 Å². The molecule has 1 aromatic rings. The highest BCUT2D eigenvalue weighted by Crippen LogP contribution is 2.25. The molecular formula is C14H21BrO2. The fourth-order valence-corrected chi connectivity index (χ4v) is 2.19. The molecule has 0 aromatic heterocycles. The third-order valence-corrected chi connectivity index (χ3v) is 2.93. The Labute approximate surface area is 112 Å². The van der Waals surface area contributed by atoms with E-state index in [1.54, 1.807) is 0 Å². The van der Waals surface area contributed by atoms with Gasteiger partial charge in [-0.15, -0.1) is 0 Å². The lowest BCUT2D eigenvalue weighted by Crippen LogP contribution is -2.22. The van der Waals surface area contributed by atoms with Crippen molar-refractivity contribution in [3.05, 3.63) is 28.7 Å². The predicted octanol–water partition coefficient (Wildman–Crippen LogP) is 3.87. The zero-order valence-corrected chi connectivity index (χ0v) is 12.3. The van der Waals surface area contributed by atoms with Crippen molar-refractivity contribution in [3.63, 3.8) is 0 Å². The van der Waals surface area contributed by atoms with Crippen LogP contribution in [0.25, 0.3) is 0 Å². The van der Waals surface area contributed by atoms with E-state index in [4.69, 9.17) is 4.74 Å². The minimum absolute atomic E-state index is 0.172. The van der Waals surface area contributed by atoms with Gasteiger partial charge in [-0.05, 0) is 30.0 Å². The summed E-state index contributed by atoms with van der Waals surface area (Å²) in [7, 11) is 0. The number of aliphatic hydroxyl groups is 1. The second-order valence-electron chi connectivity index (χ2n) is 5.58. The molecule has 0 amide bonds. The Morgan fingerprint density at radius 1 is 1.35 bits per heavy atom. The third-order valence-electron chi connectivity index (χ3n) is 2.44. The largest absolute Gasteiger partial charge is 0.493 e. The van der Waals surface area contributed by atoms with Crippen LogP contribution >= 0.6 is 15.9 Å². The topological polar surface area (TPSA) is 29.5 Å². The Hall–Kier alpha value is -0.540. The van der Waals surface area contributed by atoms with E-state index in [9.17, 15) is 5.11 Å². The Bertz CT molecular complexity index is 344. The van der Waals surface area contributed by atoms with E-state index in [2.05, 4.69) is 36.7 Å². The van der Waals surface area contributed by atoms with Crippen LogP contribution in [0.3, 0.4) is 0 Å². The second kappa shape index (κ2) is 6.41. The average molecular weight is 301 g/mol. The molecule has 0 saturated carbocycles. The van der Waals surface area contributed by atoms with Gasteiger partial charge >= 0.3 is 0 Å². The standard InChI is InChI=1S/C14H21BrO2/c1-14(2,3)8-11(9-16)10-17-13-6-4-5-12(15)7-13/h4-7,11,16H,8-10H2,1-3H3. The molecule has 1 unspecified atom stereocenters. The van der Waals surface area contributed by atoms with Crippen molar-refractivity contribution in [1.82, 2.24) is 0 Å². The van der Waals surface area contributed by atoms with Crippen LogP contribution in [0.1, 0.15) is 27.2 Å². The highest BCUT2D eigenvalue weighted by Gasteiger charge is 2.18. The van der Waals surface area contributed by atoms with Crippen LogP contribution in [0.5, 0.6) is 5.75 Å². The smallest absolute Gasteiger partial charge is 0.120 e. The zero-order valence-electron chi connectivity index (χ0n) is 10.7. The molecule has 0 saturated heterocycles. The van der Waals surface area contributed by atoms with Crippen molar-refractivity contribution in [3.8, 4) is 5.75 Å². The van der Waals surface area contributed by atoms with Gasteiger partial charge in [0.15, 0.2) is 0 Å². The van der Waals surface area contributed by atoms with Crippen LogP contribution in [0.15, 0.2) is 28.7 Å². The van der Waals surface area contributed by atoms with Gasteiger partial charge in [0.2, 0.25) is 0 Å². The minimum Gasteiger partial charge on any atom is -0.493 e. The minimum atomic E-state index is 0.172. The molecule has 1 rings (SSSR count). The summed E-state index contributed by atoms with van der Waals surface area (Å²) >= 11 is 3.41. The van der Waals surface area contributed by atoms with Crippen LogP contribution in [-0.2, 0) is 0 Å². The highest BCUT2D eigenvalue weighted by atomic mass is 79.9. The van der Waals surface area contributed by atoms with Crippen molar-refractivity contribution < 1.29 is 9.84 Å². The predicted molar refractivity (Wildman–Crippen MR) is 74.3 cm³/mol. The number of ether oxygens (including phenoxy) is 1. The summed E-state index contributed by atoms with van der Waals surface area (Å²) in [5.41, 5.74) is 0.216. The summed E-state index contributed by atoms with van der Waals surface area (Å²) in [6.45, 7) is 7.26. The summed E-state index contributed by atoms with van der Waals surface area (Å²) in [6.07, 6.45) is 0.956. The maximum absolute atomic E-state index is 9.33. The summed E-state index contributed by atoms with van der Waals surface area (Å²) < 4.78 is 6.70. The lowest BCUT2D eigenvalue weighted by Gasteiger charge is -2.24. The van der Waals surface area contributed by atoms with Crippen molar-refractivity contribution in [1.29, 1.82) is 0 Å². The van der Waals surface area contributed by atoms with Crippen molar-refractivity contribution >= 4 is 15.9 Å². The molecule has 0 aliphatic rings. The van der Waals surface area contributed by atoms with E-state index < -0.39 is 0 Å². The molecule has 0 aliphatic heterocycles. The fourth-order valence-electron chi connectivity index (χ4n) is 1.81.